The van der Waals surface area contributed by atoms with Gasteiger partial charge in [-0.15, -0.1) is 0 Å². The van der Waals surface area contributed by atoms with Gasteiger partial charge in [-0.05, 0) is 18.9 Å². The average molecular weight is 127 g/mol. The first-order valence-corrected chi connectivity index (χ1v) is 3.20. The van der Waals surface area contributed by atoms with E-state index < -0.39 is 0 Å². The Morgan fingerprint density at radius 3 is 2.33 bits per heavy atom. The van der Waals surface area contributed by atoms with Crippen LogP contribution < -0.4 is 0 Å². The van der Waals surface area contributed by atoms with Crippen molar-refractivity contribution in [2.24, 2.45) is 5.16 Å². The Balaban J connectivity index is 3.75. The van der Waals surface area contributed by atoms with Crippen LogP contribution >= 0.6 is 0 Å². The molecule has 9 heavy (non-hydrogen) atoms. The molecule has 0 heterocycles. The number of hydrogen-bond donors (Lipinski definition) is 1. The summed E-state index contributed by atoms with van der Waals surface area (Å²) in [6.45, 7) is 4.17. The van der Waals surface area contributed by atoms with E-state index in [0.29, 0.717) is 0 Å². The minimum absolute atomic E-state index is 1.03. The van der Waals surface area contributed by atoms with Crippen LogP contribution in [0.3, 0.4) is 0 Å². The quantitative estimate of drug-likeness (QED) is 0.352. The summed E-state index contributed by atoms with van der Waals surface area (Å²) in [4.78, 5) is 0. The molecule has 0 radical (unpaired) electrons. The van der Waals surface area contributed by atoms with Gasteiger partial charge in [0.1, 0.15) is 0 Å². The van der Waals surface area contributed by atoms with Gasteiger partial charge in [-0.1, -0.05) is 24.6 Å². The Morgan fingerprint density at radius 2 is 2.00 bits per heavy atom. The maximum Gasteiger partial charge on any atom is 0.0661 e. The topological polar surface area (TPSA) is 32.6 Å². The second-order valence-electron chi connectivity index (χ2n) is 1.80. The lowest BCUT2D eigenvalue weighted by Crippen LogP contribution is -1.77. The Labute approximate surface area is 55.9 Å². The van der Waals surface area contributed by atoms with Gasteiger partial charge in [-0.3, -0.25) is 0 Å². The van der Waals surface area contributed by atoms with Crippen molar-refractivity contribution in [3.63, 3.8) is 0 Å². The first kappa shape index (κ1) is 8.21. The third-order valence-corrected chi connectivity index (χ3v) is 1.29. The first-order valence-electron chi connectivity index (χ1n) is 3.20. The maximum atomic E-state index is 8.03. The fourth-order valence-electron chi connectivity index (χ4n) is 0.624. The summed E-state index contributed by atoms with van der Waals surface area (Å²) in [5, 5.41) is 10.9. The number of oxime groups is 1. The van der Waals surface area contributed by atoms with Crippen molar-refractivity contribution in [1.29, 1.82) is 0 Å². The van der Waals surface area contributed by atoms with E-state index in [1.165, 1.54) is 11.8 Å². The van der Waals surface area contributed by atoms with Crippen molar-refractivity contribution >= 4 is 6.21 Å². The SMILES string of the molecule is CCC(=CC=NO)CC. The van der Waals surface area contributed by atoms with Crippen LogP contribution in [0.25, 0.3) is 0 Å². The molecule has 0 aromatic carbocycles. The van der Waals surface area contributed by atoms with E-state index in [0.717, 1.165) is 12.8 Å². The molecule has 0 rings (SSSR count). The first-order chi connectivity index (χ1) is 4.35. The standard InChI is InChI=1S/C7H13NO/c1-3-7(4-2)5-6-8-9/h5-6,9H,3-4H2,1-2H3. The predicted octanol–water partition coefficient (Wildman–Crippen LogP) is 2.19. The second kappa shape index (κ2) is 5.35. The van der Waals surface area contributed by atoms with Crippen molar-refractivity contribution in [3.05, 3.63) is 11.6 Å². The van der Waals surface area contributed by atoms with Gasteiger partial charge in [-0.25, -0.2) is 0 Å². The molecule has 0 spiro atoms. The Hall–Kier alpha value is -0.790. The monoisotopic (exact) mass is 127 g/mol. The molecule has 0 saturated carbocycles. The summed E-state index contributed by atoms with van der Waals surface area (Å²) in [6, 6.07) is 0. The summed E-state index contributed by atoms with van der Waals surface area (Å²) in [6.07, 6.45) is 5.30. The average Bonchev–Trinajstić information content (AvgIpc) is 1.91. The Bertz CT molecular complexity index is 110. The van der Waals surface area contributed by atoms with Gasteiger partial charge in [0.05, 0.1) is 6.21 Å². The summed E-state index contributed by atoms with van der Waals surface area (Å²) < 4.78 is 0. The van der Waals surface area contributed by atoms with Gasteiger partial charge < -0.3 is 5.21 Å². The van der Waals surface area contributed by atoms with Crippen LogP contribution in [0.2, 0.25) is 0 Å². The number of allylic oxidation sites excluding steroid dienone is 2. The van der Waals surface area contributed by atoms with E-state index >= 15 is 0 Å². The molecule has 0 bridgehead atoms. The maximum absolute atomic E-state index is 8.03. The zero-order chi connectivity index (χ0) is 7.11. The molecule has 2 heteroatoms. The molecule has 52 valence electrons. The van der Waals surface area contributed by atoms with Crippen LogP contribution in [0.15, 0.2) is 16.8 Å². The number of hydrogen-bond acceptors (Lipinski definition) is 2. The van der Waals surface area contributed by atoms with Gasteiger partial charge >= 0.3 is 0 Å². The molecule has 0 atom stereocenters. The van der Waals surface area contributed by atoms with E-state index in [9.17, 15) is 0 Å². The van der Waals surface area contributed by atoms with E-state index in [2.05, 4.69) is 19.0 Å². The molecule has 0 aliphatic heterocycles. The minimum atomic E-state index is 1.03. The van der Waals surface area contributed by atoms with Crippen molar-refractivity contribution in [1.82, 2.24) is 0 Å². The Kier molecular flexibility index (Phi) is 4.88. The molecule has 1 N–H and O–H groups in total. The summed E-state index contributed by atoms with van der Waals surface area (Å²) >= 11 is 0. The van der Waals surface area contributed by atoms with Gasteiger partial charge in [-0.2, -0.15) is 0 Å². The highest BCUT2D eigenvalue weighted by atomic mass is 16.4. The van der Waals surface area contributed by atoms with Crippen molar-refractivity contribution < 1.29 is 5.21 Å². The minimum Gasteiger partial charge on any atom is -0.411 e. The van der Waals surface area contributed by atoms with Crippen molar-refractivity contribution in [2.45, 2.75) is 26.7 Å². The second-order valence-corrected chi connectivity index (χ2v) is 1.80. The highest BCUT2D eigenvalue weighted by Crippen LogP contribution is 2.02. The van der Waals surface area contributed by atoms with E-state index in [1.807, 2.05) is 6.08 Å². The highest BCUT2D eigenvalue weighted by molar-refractivity contribution is 5.71. The van der Waals surface area contributed by atoms with Crippen LogP contribution in [0, 0.1) is 0 Å². The van der Waals surface area contributed by atoms with E-state index in [4.69, 9.17) is 5.21 Å². The molecule has 0 aliphatic rings. The molecule has 0 saturated heterocycles. The molecule has 0 fully saturated rings. The van der Waals surface area contributed by atoms with Gasteiger partial charge in [0.25, 0.3) is 0 Å². The molecule has 0 unspecified atom stereocenters. The lowest BCUT2D eigenvalue weighted by molar-refractivity contribution is 0.322. The van der Waals surface area contributed by atoms with Crippen LogP contribution in [0.4, 0.5) is 0 Å². The van der Waals surface area contributed by atoms with Crippen molar-refractivity contribution in [3.8, 4) is 0 Å². The van der Waals surface area contributed by atoms with Crippen LogP contribution in [-0.2, 0) is 0 Å². The van der Waals surface area contributed by atoms with E-state index in [1.54, 1.807) is 0 Å². The zero-order valence-electron chi connectivity index (χ0n) is 5.96. The van der Waals surface area contributed by atoms with Gasteiger partial charge in [0.2, 0.25) is 0 Å². The fraction of sp³-hybridized carbons (Fsp3) is 0.571. The van der Waals surface area contributed by atoms with E-state index in [-0.39, 0.29) is 0 Å². The summed E-state index contributed by atoms with van der Waals surface area (Å²) in [5.74, 6) is 0. The molecule has 0 aromatic rings. The fourth-order valence-corrected chi connectivity index (χ4v) is 0.624. The Morgan fingerprint density at radius 1 is 1.44 bits per heavy atom. The molecular formula is C7H13NO. The summed E-state index contributed by atoms with van der Waals surface area (Å²) in [5.41, 5.74) is 1.30. The van der Waals surface area contributed by atoms with Crippen LogP contribution in [0.1, 0.15) is 26.7 Å². The molecular weight excluding hydrogens is 114 g/mol. The largest absolute Gasteiger partial charge is 0.411 e. The molecule has 0 amide bonds. The zero-order valence-corrected chi connectivity index (χ0v) is 5.96. The molecule has 0 aliphatic carbocycles. The van der Waals surface area contributed by atoms with Crippen LogP contribution in [0.5, 0.6) is 0 Å². The number of rotatable bonds is 3. The molecule has 0 aromatic heterocycles. The number of nitrogens with zero attached hydrogens (tertiary/aromatic N) is 1. The lowest BCUT2D eigenvalue weighted by Gasteiger charge is -1.93. The summed E-state index contributed by atoms with van der Waals surface area (Å²) in [7, 11) is 0. The third-order valence-electron chi connectivity index (χ3n) is 1.29. The molecule has 2 nitrogen and oxygen atoms in total. The predicted molar refractivity (Wildman–Crippen MR) is 38.9 cm³/mol. The smallest absolute Gasteiger partial charge is 0.0661 e. The van der Waals surface area contributed by atoms with Gasteiger partial charge in [0.15, 0.2) is 0 Å². The lowest BCUT2D eigenvalue weighted by atomic mass is 10.1. The third kappa shape index (κ3) is 3.76. The van der Waals surface area contributed by atoms with Crippen molar-refractivity contribution in [2.75, 3.05) is 0 Å². The van der Waals surface area contributed by atoms with Crippen LogP contribution in [-0.4, -0.2) is 11.4 Å². The normalized spacial score (nSPS) is 10.0. The van der Waals surface area contributed by atoms with Gasteiger partial charge in [0, 0.05) is 0 Å². The highest BCUT2D eigenvalue weighted by Gasteiger charge is 1.84.